The first-order valence-corrected chi connectivity index (χ1v) is 6.34. The molecule has 2 aromatic carbocycles. The Labute approximate surface area is 116 Å². The maximum atomic E-state index is 13.7. The van der Waals surface area contributed by atoms with Gasteiger partial charge < -0.3 is 15.8 Å². The smallest absolute Gasteiger partial charge is 0.167 e. The molecule has 0 saturated heterocycles. The Hall–Kier alpha value is -2.30. The second kappa shape index (κ2) is 6.23. The van der Waals surface area contributed by atoms with Crippen molar-refractivity contribution < 1.29 is 13.5 Å². The van der Waals surface area contributed by atoms with Gasteiger partial charge in [0.2, 0.25) is 0 Å². The van der Waals surface area contributed by atoms with Crippen LogP contribution in [0.1, 0.15) is 13.3 Å². The summed E-state index contributed by atoms with van der Waals surface area (Å²) in [5, 5.41) is 3.01. The lowest BCUT2D eigenvalue weighted by Gasteiger charge is -2.13. The Kier molecular flexibility index (Phi) is 4.40. The summed E-state index contributed by atoms with van der Waals surface area (Å²) in [5.74, 6) is -0.680. The minimum Gasteiger partial charge on any atom is -0.490 e. The second-order valence-electron chi connectivity index (χ2n) is 4.35. The maximum Gasteiger partial charge on any atom is 0.167 e. The molecule has 0 aliphatic rings. The topological polar surface area (TPSA) is 47.3 Å². The summed E-state index contributed by atoms with van der Waals surface area (Å²) >= 11 is 0. The Morgan fingerprint density at radius 1 is 1.15 bits per heavy atom. The summed E-state index contributed by atoms with van der Waals surface area (Å²) in [5.41, 5.74) is 7.20. The van der Waals surface area contributed by atoms with Crippen molar-refractivity contribution in [1.82, 2.24) is 0 Å². The number of rotatable bonds is 5. The molecule has 0 radical (unpaired) electrons. The van der Waals surface area contributed by atoms with Crippen LogP contribution in [0.2, 0.25) is 0 Å². The Balaban J connectivity index is 2.24. The molecule has 0 atom stereocenters. The van der Waals surface area contributed by atoms with Crippen LogP contribution in [-0.4, -0.2) is 6.61 Å². The summed E-state index contributed by atoms with van der Waals surface area (Å²) < 4.78 is 31.8. The zero-order chi connectivity index (χ0) is 14.5. The van der Waals surface area contributed by atoms with Gasteiger partial charge in [-0.25, -0.2) is 8.78 Å². The van der Waals surface area contributed by atoms with E-state index in [2.05, 4.69) is 5.32 Å². The number of anilines is 3. The highest BCUT2D eigenvalue weighted by molar-refractivity contribution is 5.74. The molecule has 0 aromatic heterocycles. The van der Waals surface area contributed by atoms with E-state index >= 15 is 0 Å². The van der Waals surface area contributed by atoms with Crippen molar-refractivity contribution >= 4 is 17.1 Å². The molecular weight excluding hydrogens is 262 g/mol. The van der Waals surface area contributed by atoms with Gasteiger partial charge in [-0.3, -0.25) is 0 Å². The summed E-state index contributed by atoms with van der Waals surface area (Å²) in [6, 6.07) is 8.52. The van der Waals surface area contributed by atoms with Gasteiger partial charge in [0, 0.05) is 17.8 Å². The fourth-order valence-electron chi connectivity index (χ4n) is 1.69. The number of ether oxygens (including phenoxy) is 1. The number of halogens is 2. The molecule has 2 aromatic rings. The van der Waals surface area contributed by atoms with E-state index in [1.165, 1.54) is 24.3 Å². The predicted molar refractivity (Wildman–Crippen MR) is 76.3 cm³/mol. The zero-order valence-corrected chi connectivity index (χ0v) is 11.1. The van der Waals surface area contributed by atoms with Crippen LogP contribution in [-0.2, 0) is 0 Å². The predicted octanol–water partition coefficient (Wildman–Crippen LogP) is 4.08. The lowest BCUT2D eigenvalue weighted by molar-refractivity contribution is 0.301. The molecule has 0 bridgehead atoms. The molecule has 0 unspecified atom stereocenters. The van der Waals surface area contributed by atoms with Crippen molar-refractivity contribution in [2.24, 2.45) is 0 Å². The lowest BCUT2D eigenvalue weighted by Crippen LogP contribution is -2.02. The molecule has 0 aliphatic heterocycles. The van der Waals surface area contributed by atoms with Gasteiger partial charge in [-0.2, -0.15) is 0 Å². The van der Waals surface area contributed by atoms with E-state index in [0.717, 1.165) is 6.42 Å². The van der Waals surface area contributed by atoms with Gasteiger partial charge in [-0.05, 0) is 30.7 Å². The maximum absolute atomic E-state index is 13.7. The summed E-state index contributed by atoms with van der Waals surface area (Å²) in [6.45, 7) is 2.36. The van der Waals surface area contributed by atoms with Crippen LogP contribution >= 0.6 is 0 Å². The summed E-state index contributed by atoms with van der Waals surface area (Å²) in [7, 11) is 0. The van der Waals surface area contributed by atoms with Gasteiger partial charge in [-0.15, -0.1) is 0 Å². The van der Waals surface area contributed by atoms with E-state index in [1.807, 2.05) is 6.92 Å². The zero-order valence-electron chi connectivity index (χ0n) is 11.1. The lowest BCUT2D eigenvalue weighted by atomic mass is 10.2. The average Bonchev–Trinajstić information content (AvgIpc) is 2.43. The molecule has 106 valence electrons. The molecule has 0 aliphatic carbocycles. The molecule has 3 N–H and O–H groups in total. The Morgan fingerprint density at radius 3 is 2.50 bits per heavy atom. The van der Waals surface area contributed by atoms with Crippen LogP contribution in [0.15, 0.2) is 36.4 Å². The second-order valence-corrected chi connectivity index (χ2v) is 4.35. The van der Waals surface area contributed by atoms with Crippen LogP contribution in [0, 0.1) is 11.6 Å². The summed E-state index contributed by atoms with van der Waals surface area (Å²) in [6.07, 6.45) is 0.782. The molecule has 2 rings (SSSR count). The van der Waals surface area contributed by atoms with Gasteiger partial charge in [0.15, 0.2) is 11.6 Å². The van der Waals surface area contributed by atoms with Crippen LogP contribution in [0.25, 0.3) is 0 Å². The number of nitrogen functional groups attached to an aromatic ring is 1. The average molecular weight is 278 g/mol. The molecule has 0 spiro atoms. The third-order valence-corrected chi connectivity index (χ3v) is 2.69. The van der Waals surface area contributed by atoms with Crippen molar-refractivity contribution in [3.8, 4) is 5.75 Å². The standard InChI is InChI=1S/C15H16F2N2O/c1-2-7-20-15-9-14(13(18)8-12(15)17)19-11-5-3-10(16)4-6-11/h3-6,8-9,19H,2,7,18H2,1H3. The highest BCUT2D eigenvalue weighted by Crippen LogP contribution is 2.30. The number of benzene rings is 2. The van der Waals surface area contributed by atoms with Crippen LogP contribution in [0.4, 0.5) is 25.8 Å². The minimum atomic E-state index is -0.499. The number of hydrogen-bond donors (Lipinski definition) is 2. The van der Waals surface area contributed by atoms with Crippen molar-refractivity contribution in [2.75, 3.05) is 17.7 Å². The van der Waals surface area contributed by atoms with E-state index in [9.17, 15) is 8.78 Å². The summed E-state index contributed by atoms with van der Waals surface area (Å²) in [4.78, 5) is 0. The largest absolute Gasteiger partial charge is 0.490 e. The van der Waals surface area contributed by atoms with Crippen molar-refractivity contribution in [2.45, 2.75) is 13.3 Å². The molecule has 0 heterocycles. The minimum absolute atomic E-state index is 0.144. The van der Waals surface area contributed by atoms with Crippen LogP contribution in [0.3, 0.4) is 0 Å². The van der Waals surface area contributed by atoms with E-state index < -0.39 is 5.82 Å². The first kappa shape index (κ1) is 14.1. The van der Waals surface area contributed by atoms with Gasteiger partial charge in [-0.1, -0.05) is 6.92 Å². The first-order chi connectivity index (χ1) is 9.60. The first-order valence-electron chi connectivity index (χ1n) is 6.34. The normalized spacial score (nSPS) is 10.3. The molecular formula is C15H16F2N2O. The fraction of sp³-hybridized carbons (Fsp3) is 0.200. The molecule has 20 heavy (non-hydrogen) atoms. The molecule has 0 amide bonds. The van der Waals surface area contributed by atoms with E-state index in [-0.39, 0.29) is 17.3 Å². The fourth-order valence-corrected chi connectivity index (χ4v) is 1.69. The SMILES string of the molecule is CCCOc1cc(Nc2ccc(F)cc2)c(N)cc1F. The molecule has 3 nitrogen and oxygen atoms in total. The highest BCUT2D eigenvalue weighted by atomic mass is 19.1. The van der Waals surface area contributed by atoms with E-state index in [1.54, 1.807) is 12.1 Å². The van der Waals surface area contributed by atoms with Crippen LogP contribution in [0.5, 0.6) is 5.75 Å². The molecule has 0 fully saturated rings. The van der Waals surface area contributed by atoms with Crippen molar-refractivity contribution in [1.29, 1.82) is 0 Å². The van der Waals surface area contributed by atoms with Crippen LogP contribution < -0.4 is 15.8 Å². The van der Waals surface area contributed by atoms with Gasteiger partial charge in [0.1, 0.15) is 5.82 Å². The van der Waals surface area contributed by atoms with Crippen molar-refractivity contribution in [3.63, 3.8) is 0 Å². The van der Waals surface area contributed by atoms with Gasteiger partial charge in [0.05, 0.1) is 18.0 Å². The number of nitrogens with one attached hydrogen (secondary N) is 1. The Morgan fingerprint density at radius 2 is 1.85 bits per heavy atom. The van der Waals surface area contributed by atoms with Crippen molar-refractivity contribution in [3.05, 3.63) is 48.0 Å². The number of hydrogen-bond acceptors (Lipinski definition) is 3. The third kappa shape index (κ3) is 3.38. The quantitative estimate of drug-likeness (QED) is 0.810. The number of nitrogens with two attached hydrogens (primary N) is 1. The Bertz CT molecular complexity index is 585. The monoisotopic (exact) mass is 278 g/mol. The third-order valence-electron chi connectivity index (χ3n) is 2.69. The van der Waals surface area contributed by atoms with Gasteiger partial charge in [0.25, 0.3) is 0 Å². The molecule has 0 saturated carbocycles. The van der Waals surface area contributed by atoms with E-state index in [0.29, 0.717) is 18.0 Å². The highest BCUT2D eigenvalue weighted by Gasteiger charge is 2.09. The molecule has 5 heteroatoms. The van der Waals surface area contributed by atoms with Gasteiger partial charge >= 0.3 is 0 Å². The van der Waals surface area contributed by atoms with E-state index in [4.69, 9.17) is 10.5 Å².